The largest absolute Gasteiger partial charge is 0.460 e. The fourth-order valence-electron chi connectivity index (χ4n) is 3.15. The third-order valence-corrected chi connectivity index (χ3v) is 4.33. The van der Waals surface area contributed by atoms with E-state index in [2.05, 4.69) is 12.2 Å². The van der Waals surface area contributed by atoms with E-state index in [1.807, 2.05) is 12.1 Å². The van der Waals surface area contributed by atoms with E-state index in [-0.39, 0.29) is 5.82 Å². The molecule has 1 N–H and O–H groups in total. The quantitative estimate of drug-likeness (QED) is 0.868. The highest BCUT2D eigenvalue weighted by Crippen LogP contribution is 2.29. The zero-order valence-electron chi connectivity index (χ0n) is 12.4. The Morgan fingerprint density at radius 1 is 1.14 bits per heavy atom. The van der Waals surface area contributed by atoms with Gasteiger partial charge in [-0.15, -0.1) is 0 Å². The zero-order chi connectivity index (χ0) is 14.7. The van der Waals surface area contributed by atoms with Gasteiger partial charge in [0.2, 0.25) is 0 Å². The second-order valence-electron chi connectivity index (χ2n) is 6.19. The van der Waals surface area contributed by atoms with Crippen molar-refractivity contribution < 1.29 is 8.81 Å². The minimum absolute atomic E-state index is 0.224. The van der Waals surface area contributed by atoms with Gasteiger partial charge in [0, 0.05) is 5.56 Å². The molecule has 1 aromatic carbocycles. The van der Waals surface area contributed by atoms with Gasteiger partial charge in [0.15, 0.2) is 0 Å². The predicted molar refractivity (Wildman–Crippen MR) is 82.3 cm³/mol. The van der Waals surface area contributed by atoms with Gasteiger partial charge in [-0.05, 0) is 67.6 Å². The first kappa shape index (κ1) is 14.3. The van der Waals surface area contributed by atoms with Crippen LogP contribution in [0.25, 0.3) is 11.3 Å². The molecule has 112 valence electrons. The van der Waals surface area contributed by atoms with Gasteiger partial charge in [0.05, 0.1) is 6.54 Å². The van der Waals surface area contributed by atoms with Crippen molar-refractivity contribution >= 4 is 0 Å². The SMILES string of the molecule is CC1CCC(CNCc2ccc(-c3ccc(F)cc3)o2)C1. The van der Waals surface area contributed by atoms with Crippen LogP contribution < -0.4 is 5.32 Å². The highest BCUT2D eigenvalue weighted by molar-refractivity contribution is 5.57. The molecule has 0 radical (unpaired) electrons. The molecule has 2 atom stereocenters. The molecule has 0 amide bonds. The lowest BCUT2D eigenvalue weighted by molar-refractivity contribution is 0.439. The molecule has 1 aliphatic rings. The summed E-state index contributed by atoms with van der Waals surface area (Å²) in [5, 5.41) is 3.48. The standard InChI is InChI=1S/C18H22FNO/c1-13-2-3-14(10-13)11-20-12-17-8-9-18(21-17)15-4-6-16(19)7-5-15/h4-9,13-14,20H,2-3,10-12H2,1H3. The Labute approximate surface area is 125 Å². The molecule has 21 heavy (non-hydrogen) atoms. The number of benzene rings is 1. The van der Waals surface area contributed by atoms with Crippen LogP contribution in [0.4, 0.5) is 4.39 Å². The monoisotopic (exact) mass is 287 g/mol. The van der Waals surface area contributed by atoms with E-state index in [4.69, 9.17) is 4.42 Å². The highest BCUT2D eigenvalue weighted by Gasteiger charge is 2.20. The van der Waals surface area contributed by atoms with Crippen LogP contribution in [-0.2, 0) is 6.54 Å². The summed E-state index contributed by atoms with van der Waals surface area (Å²) in [7, 11) is 0. The highest BCUT2D eigenvalue weighted by atomic mass is 19.1. The summed E-state index contributed by atoms with van der Waals surface area (Å²) in [5.74, 6) is 3.19. The Balaban J connectivity index is 1.52. The molecule has 0 aliphatic heterocycles. The van der Waals surface area contributed by atoms with Crippen molar-refractivity contribution in [3.05, 3.63) is 48.0 Å². The van der Waals surface area contributed by atoms with E-state index < -0.39 is 0 Å². The Kier molecular flexibility index (Phi) is 4.39. The molecule has 1 aromatic heterocycles. The summed E-state index contributed by atoms with van der Waals surface area (Å²) in [4.78, 5) is 0. The fraction of sp³-hybridized carbons (Fsp3) is 0.444. The number of hydrogen-bond donors (Lipinski definition) is 1. The van der Waals surface area contributed by atoms with Crippen LogP contribution in [0.1, 0.15) is 31.9 Å². The van der Waals surface area contributed by atoms with E-state index in [9.17, 15) is 4.39 Å². The first-order chi connectivity index (χ1) is 10.2. The Hall–Kier alpha value is -1.61. The van der Waals surface area contributed by atoms with Crippen LogP contribution in [0.3, 0.4) is 0 Å². The van der Waals surface area contributed by atoms with E-state index in [0.717, 1.165) is 42.0 Å². The third-order valence-electron chi connectivity index (χ3n) is 4.33. The molecule has 1 saturated carbocycles. The third kappa shape index (κ3) is 3.73. The zero-order valence-corrected chi connectivity index (χ0v) is 12.4. The number of nitrogens with one attached hydrogen (secondary N) is 1. The maximum Gasteiger partial charge on any atom is 0.134 e. The normalized spacial score (nSPS) is 21.8. The van der Waals surface area contributed by atoms with Crippen LogP contribution in [-0.4, -0.2) is 6.54 Å². The van der Waals surface area contributed by atoms with Gasteiger partial charge in [-0.25, -0.2) is 4.39 Å². The number of furan rings is 1. The van der Waals surface area contributed by atoms with E-state index in [1.54, 1.807) is 12.1 Å². The molecule has 3 rings (SSSR count). The Morgan fingerprint density at radius 2 is 1.95 bits per heavy atom. The van der Waals surface area contributed by atoms with Crippen LogP contribution in [0.15, 0.2) is 40.8 Å². The number of rotatable bonds is 5. The van der Waals surface area contributed by atoms with Gasteiger partial charge in [-0.3, -0.25) is 0 Å². The summed E-state index contributed by atoms with van der Waals surface area (Å²) in [6.45, 7) is 4.16. The molecule has 2 aromatic rings. The molecular weight excluding hydrogens is 265 g/mol. The van der Waals surface area contributed by atoms with Gasteiger partial charge in [0.25, 0.3) is 0 Å². The Bertz CT molecular complexity index is 575. The van der Waals surface area contributed by atoms with Gasteiger partial charge in [-0.2, -0.15) is 0 Å². The fourth-order valence-corrected chi connectivity index (χ4v) is 3.15. The molecular formula is C18H22FNO. The van der Waals surface area contributed by atoms with Crippen LogP contribution in [0.5, 0.6) is 0 Å². The van der Waals surface area contributed by atoms with Crippen molar-refractivity contribution in [3.63, 3.8) is 0 Å². The summed E-state index contributed by atoms with van der Waals surface area (Å²) in [5.41, 5.74) is 0.910. The smallest absolute Gasteiger partial charge is 0.134 e. The van der Waals surface area contributed by atoms with E-state index in [0.29, 0.717) is 0 Å². The van der Waals surface area contributed by atoms with Crippen molar-refractivity contribution in [2.24, 2.45) is 11.8 Å². The minimum Gasteiger partial charge on any atom is -0.460 e. The Morgan fingerprint density at radius 3 is 2.67 bits per heavy atom. The van der Waals surface area contributed by atoms with Crippen molar-refractivity contribution in [1.82, 2.24) is 5.32 Å². The number of hydrogen-bond acceptors (Lipinski definition) is 2. The lowest BCUT2D eigenvalue weighted by Crippen LogP contribution is -2.20. The van der Waals surface area contributed by atoms with Crippen molar-refractivity contribution in [1.29, 1.82) is 0 Å². The minimum atomic E-state index is -0.224. The summed E-state index contributed by atoms with van der Waals surface area (Å²) < 4.78 is 18.7. The molecule has 1 heterocycles. The van der Waals surface area contributed by atoms with Crippen LogP contribution >= 0.6 is 0 Å². The van der Waals surface area contributed by atoms with Crippen molar-refractivity contribution in [2.45, 2.75) is 32.7 Å². The maximum absolute atomic E-state index is 12.9. The summed E-state index contributed by atoms with van der Waals surface area (Å²) in [6.07, 6.45) is 4.04. The second kappa shape index (κ2) is 6.44. The topological polar surface area (TPSA) is 25.2 Å². The first-order valence-corrected chi connectivity index (χ1v) is 7.76. The molecule has 0 bridgehead atoms. The van der Waals surface area contributed by atoms with Gasteiger partial charge >= 0.3 is 0 Å². The van der Waals surface area contributed by atoms with Crippen LogP contribution in [0, 0.1) is 17.7 Å². The van der Waals surface area contributed by atoms with Gasteiger partial charge < -0.3 is 9.73 Å². The van der Waals surface area contributed by atoms with E-state index in [1.165, 1.54) is 31.4 Å². The van der Waals surface area contributed by atoms with E-state index >= 15 is 0 Å². The molecule has 1 fully saturated rings. The average molecular weight is 287 g/mol. The summed E-state index contributed by atoms with van der Waals surface area (Å²) >= 11 is 0. The maximum atomic E-state index is 12.9. The molecule has 1 aliphatic carbocycles. The van der Waals surface area contributed by atoms with Crippen LogP contribution in [0.2, 0.25) is 0 Å². The van der Waals surface area contributed by atoms with Gasteiger partial charge in [-0.1, -0.05) is 13.3 Å². The van der Waals surface area contributed by atoms with Crippen molar-refractivity contribution in [2.75, 3.05) is 6.54 Å². The van der Waals surface area contributed by atoms with Crippen molar-refractivity contribution in [3.8, 4) is 11.3 Å². The first-order valence-electron chi connectivity index (χ1n) is 7.76. The molecule has 2 nitrogen and oxygen atoms in total. The molecule has 0 spiro atoms. The lowest BCUT2D eigenvalue weighted by atomic mass is 10.1. The van der Waals surface area contributed by atoms with Gasteiger partial charge in [0.1, 0.15) is 17.3 Å². The average Bonchev–Trinajstić information content (AvgIpc) is 3.09. The molecule has 3 heteroatoms. The lowest BCUT2D eigenvalue weighted by Gasteiger charge is -2.09. The molecule has 2 unspecified atom stereocenters. The molecule has 0 saturated heterocycles. The number of halogens is 1. The second-order valence-corrected chi connectivity index (χ2v) is 6.19. The summed E-state index contributed by atoms with van der Waals surface area (Å²) in [6, 6.07) is 10.3. The predicted octanol–water partition coefficient (Wildman–Crippen LogP) is 4.61.